The lowest BCUT2D eigenvalue weighted by molar-refractivity contribution is 0.564. The van der Waals surface area contributed by atoms with E-state index in [0.29, 0.717) is 13.0 Å². The number of sulfone groups is 1. The SMILES string of the molecule is CC(Br)c1cn(CCCS(C)(=O)=O)nn1. The molecule has 0 N–H and O–H groups in total. The Hall–Kier alpha value is -0.430. The molecule has 0 fully saturated rings. The van der Waals surface area contributed by atoms with Crippen molar-refractivity contribution in [2.75, 3.05) is 12.0 Å². The minimum atomic E-state index is -2.87. The van der Waals surface area contributed by atoms with Crippen LogP contribution >= 0.6 is 15.9 Å². The Labute approximate surface area is 97.9 Å². The highest BCUT2D eigenvalue weighted by molar-refractivity contribution is 9.09. The van der Waals surface area contributed by atoms with Gasteiger partial charge in [-0.25, -0.2) is 8.42 Å². The number of alkyl halides is 1. The summed E-state index contributed by atoms with van der Waals surface area (Å²) in [7, 11) is -2.87. The smallest absolute Gasteiger partial charge is 0.147 e. The van der Waals surface area contributed by atoms with Crippen molar-refractivity contribution in [1.29, 1.82) is 0 Å². The summed E-state index contributed by atoms with van der Waals surface area (Å²) in [6.07, 6.45) is 3.63. The van der Waals surface area contributed by atoms with E-state index in [4.69, 9.17) is 0 Å². The molecular weight excluding hydrogens is 282 g/mol. The van der Waals surface area contributed by atoms with E-state index in [0.717, 1.165) is 5.69 Å². The van der Waals surface area contributed by atoms with E-state index < -0.39 is 9.84 Å². The second-order valence-corrected chi connectivity index (χ2v) is 7.14. The number of aryl methyl sites for hydroxylation is 1. The predicted molar refractivity (Wildman–Crippen MR) is 61.7 cm³/mol. The first-order valence-electron chi connectivity index (χ1n) is 4.60. The molecule has 0 bridgehead atoms. The molecule has 0 aromatic carbocycles. The third kappa shape index (κ3) is 4.74. The van der Waals surface area contributed by atoms with Crippen LogP contribution in [0.2, 0.25) is 0 Å². The van der Waals surface area contributed by atoms with Crippen molar-refractivity contribution < 1.29 is 8.42 Å². The molecule has 86 valence electrons. The van der Waals surface area contributed by atoms with Gasteiger partial charge >= 0.3 is 0 Å². The second-order valence-electron chi connectivity index (χ2n) is 3.51. The van der Waals surface area contributed by atoms with Gasteiger partial charge in [0, 0.05) is 19.0 Å². The Bertz CT molecular complexity index is 413. The number of hydrogen-bond donors (Lipinski definition) is 0. The number of aromatic nitrogens is 3. The Morgan fingerprint density at radius 2 is 2.27 bits per heavy atom. The maximum Gasteiger partial charge on any atom is 0.147 e. The number of rotatable bonds is 5. The highest BCUT2D eigenvalue weighted by Gasteiger charge is 2.07. The van der Waals surface area contributed by atoms with Crippen molar-refractivity contribution in [1.82, 2.24) is 15.0 Å². The van der Waals surface area contributed by atoms with E-state index in [1.54, 1.807) is 4.68 Å². The van der Waals surface area contributed by atoms with E-state index >= 15 is 0 Å². The molecular formula is C8H14BrN3O2S. The maximum atomic E-state index is 10.9. The van der Waals surface area contributed by atoms with E-state index in [1.807, 2.05) is 13.1 Å². The quantitative estimate of drug-likeness (QED) is 0.765. The van der Waals surface area contributed by atoms with Gasteiger partial charge in [0.1, 0.15) is 9.84 Å². The first-order valence-corrected chi connectivity index (χ1v) is 7.58. The molecule has 0 saturated heterocycles. The molecule has 0 saturated carbocycles. The summed E-state index contributed by atoms with van der Waals surface area (Å²) in [5.74, 6) is 0.187. The predicted octanol–water partition coefficient (Wildman–Crippen LogP) is 1.17. The summed E-state index contributed by atoms with van der Waals surface area (Å²) in [6.45, 7) is 2.55. The second kappa shape index (κ2) is 5.07. The van der Waals surface area contributed by atoms with Crippen LogP contribution in [0, 0.1) is 0 Å². The highest BCUT2D eigenvalue weighted by Crippen LogP contribution is 2.17. The van der Waals surface area contributed by atoms with Crippen molar-refractivity contribution in [2.45, 2.75) is 24.7 Å². The fourth-order valence-corrected chi connectivity index (χ4v) is 1.96. The molecule has 1 atom stereocenters. The van der Waals surface area contributed by atoms with Gasteiger partial charge in [-0.05, 0) is 13.3 Å². The lowest BCUT2D eigenvalue weighted by Crippen LogP contribution is -2.07. The van der Waals surface area contributed by atoms with Crippen LogP contribution in [0.25, 0.3) is 0 Å². The van der Waals surface area contributed by atoms with Gasteiger partial charge in [-0.15, -0.1) is 5.10 Å². The standard InChI is InChI=1S/C8H14BrN3O2S/c1-7(9)8-6-12(11-10-8)4-3-5-15(2,13)14/h6-7H,3-5H2,1-2H3. The van der Waals surface area contributed by atoms with Crippen molar-refractivity contribution in [2.24, 2.45) is 0 Å². The van der Waals surface area contributed by atoms with Gasteiger partial charge < -0.3 is 0 Å². The minimum Gasteiger partial charge on any atom is -0.252 e. The molecule has 0 aliphatic rings. The first-order chi connectivity index (χ1) is 6.88. The van der Waals surface area contributed by atoms with Gasteiger partial charge in [-0.3, -0.25) is 4.68 Å². The molecule has 5 nitrogen and oxygen atoms in total. The Kier molecular flexibility index (Phi) is 4.27. The van der Waals surface area contributed by atoms with Gasteiger partial charge in [-0.2, -0.15) is 0 Å². The molecule has 0 amide bonds. The fourth-order valence-electron chi connectivity index (χ4n) is 1.09. The molecule has 7 heteroatoms. The van der Waals surface area contributed by atoms with Crippen LogP contribution in [-0.4, -0.2) is 35.4 Å². The molecule has 0 spiro atoms. The Morgan fingerprint density at radius 1 is 1.60 bits per heavy atom. The largest absolute Gasteiger partial charge is 0.252 e. The minimum absolute atomic E-state index is 0.168. The molecule has 15 heavy (non-hydrogen) atoms. The zero-order valence-corrected chi connectivity index (χ0v) is 11.1. The average Bonchev–Trinajstić information content (AvgIpc) is 2.50. The van der Waals surface area contributed by atoms with E-state index in [1.165, 1.54) is 6.26 Å². The van der Waals surface area contributed by atoms with Crippen molar-refractivity contribution in [3.05, 3.63) is 11.9 Å². The number of nitrogens with zero attached hydrogens (tertiary/aromatic N) is 3. The van der Waals surface area contributed by atoms with Crippen LogP contribution in [0.1, 0.15) is 23.9 Å². The van der Waals surface area contributed by atoms with Gasteiger partial charge in [-0.1, -0.05) is 21.1 Å². The summed E-state index contributed by atoms with van der Waals surface area (Å²) in [5.41, 5.74) is 0.856. The molecule has 1 aromatic heterocycles. The lowest BCUT2D eigenvalue weighted by atomic mass is 10.4. The summed E-state index contributed by atoms with van der Waals surface area (Å²) >= 11 is 3.38. The summed E-state index contributed by atoms with van der Waals surface area (Å²) in [6, 6.07) is 0. The maximum absolute atomic E-state index is 10.9. The Balaban J connectivity index is 2.45. The summed E-state index contributed by atoms with van der Waals surface area (Å²) < 4.78 is 23.4. The van der Waals surface area contributed by atoms with E-state index in [9.17, 15) is 8.42 Å². The number of hydrogen-bond acceptors (Lipinski definition) is 4. The molecule has 0 radical (unpaired) electrons. The molecule has 1 heterocycles. The van der Waals surface area contributed by atoms with Crippen LogP contribution < -0.4 is 0 Å². The average molecular weight is 296 g/mol. The molecule has 1 unspecified atom stereocenters. The normalized spacial score (nSPS) is 14.1. The number of halogens is 1. The van der Waals surface area contributed by atoms with Crippen LogP contribution in [0.3, 0.4) is 0 Å². The van der Waals surface area contributed by atoms with Crippen LogP contribution in [-0.2, 0) is 16.4 Å². The van der Waals surface area contributed by atoms with Gasteiger partial charge in [0.25, 0.3) is 0 Å². The third-order valence-corrected chi connectivity index (χ3v) is 3.37. The van der Waals surface area contributed by atoms with Crippen LogP contribution in [0.4, 0.5) is 0 Å². The summed E-state index contributed by atoms with van der Waals surface area (Å²) in [4.78, 5) is 0.168. The molecule has 1 aromatic rings. The van der Waals surface area contributed by atoms with Crippen molar-refractivity contribution in [3.63, 3.8) is 0 Å². The third-order valence-electron chi connectivity index (χ3n) is 1.87. The van der Waals surface area contributed by atoms with E-state index in [2.05, 4.69) is 26.2 Å². The monoisotopic (exact) mass is 295 g/mol. The highest BCUT2D eigenvalue weighted by atomic mass is 79.9. The fraction of sp³-hybridized carbons (Fsp3) is 0.750. The van der Waals surface area contributed by atoms with Crippen molar-refractivity contribution >= 4 is 25.8 Å². The molecule has 0 aliphatic carbocycles. The van der Waals surface area contributed by atoms with Crippen molar-refractivity contribution in [3.8, 4) is 0 Å². The topological polar surface area (TPSA) is 64.8 Å². The van der Waals surface area contributed by atoms with E-state index in [-0.39, 0.29) is 10.6 Å². The van der Waals surface area contributed by atoms with Crippen LogP contribution in [0.5, 0.6) is 0 Å². The lowest BCUT2D eigenvalue weighted by Gasteiger charge is -1.99. The molecule has 0 aliphatic heterocycles. The summed E-state index contributed by atoms with van der Waals surface area (Å²) in [5, 5.41) is 7.85. The van der Waals surface area contributed by atoms with Gasteiger partial charge in [0.2, 0.25) is 0 Å². The first kappa shape index (κ1) is 12.6. The zero-order chi connectivity index (χ0) is 11.5. The van der Waals surface area contributed by atoms with Crippen LogP contribution in [0.15, 0.2) is 6.20 Å². The van der Waals surface area contributed by atoms with Gasteiger partial charge in [0.15, 0.2) is 0 Å². The Morgan fingerprint density at radius 3 is 2.73 bits per heavy atom. The molecule has 1 rings (SSSR count). The van der Waals surface area contributed by atoms with Gasteiger partial charge in [0.05, 0.1) is 16.3 Å². The zero-order valence-electron chi connectivity index (χ0n) is 8.72.